The van der Waals surface area contributed by atoms with E-state index in [0.29, 0.717) is 23.7 Å². The fourth-order valence-electron chi connectivity index (χ4n) is 2.14. The quantitative estimate of drug-likeness (QED) is 0.723. The zero-order chi connectivity index (χ0) is 11.9. The first-order valence-corrected chi connectivity index (χ1v) is 7.06. The first-order valence-electron chi connectivity index (χ1n) is 5.58. The van der Waals surface area contributed by atoms with Crippen LogP contribution in [0.25, 0.3) is 0 Å². The van der Waals surface area contributed by atoms with Crippen molar-refractivity contribution in [1.82, 2.24) is 10.2 Å². The second kappa shape index (κ2) is 3.82. The van der Waals surface area contributed by atoms with Crippen LogP contribution in [0.1, 0.15) is 0 Å². The van der Waals surface area contributed by atoms with Gasteiger partial charge in [-0.15, -0.1) is 0 Å². The number of aliphatic imine (C=N–C) groups is 1. The highest BCUT2D eigenvalue weighted by atomic mass is 32.2. The molecule has 2 heterocycles. The molecule has 0 radical (unpaired) electrons. The van der Waals surface area contributed by atoms with Crippen LogP contribution < -0.4 is 5.32 Å². The van der Waals surface area contributed by atoms with Crippen LogP contribution in [0.15, 0.2) is 34.2 Å². The van der Waals surface area contributed by atoms with E-state index in [1.165, 1.54) is 0 Å². The molecule has 17 heavy (non-hydrogen) atoms. The standard InChI is InChI=1S/C11H13N3O2S/c15-17(16)10-4-2-1-3-9(10)13-11(17)14-7-5-12-6-8-14/h1-4,12H,5-8H2. The number of hydrogen-bond acceptors (Lipinski definition) is 5. The Kier molecular flexibility index (Phi) is 2.41. The predicted octanol–water partition coefficient (Wildman–Crippen LogP) is 0.367. The lowest BCUT2D eigenvalue weighted by molar-refractivity contribution is 0.361. The highest BCUT2D eigenvalue weighted by Crippen LogP contribution is 2.33. The van der Waals surface area contributed by atoms with Gasteiger partial charge >= 0.3 is 0 Å². The van der Waals surface area contributed by atoms with E-state index >= 15 is 0 Å². The highest BCUT2D eigenvalue weighted by molar-refractivity contribution is 8.06. The van der Waals surface area contributed by atoms with Gasteiger partial charge in [-0.1, -0.05) is 12.1 Å². The molecule has 1 saturated heterocycles. The Bertz CT molecular complexity index is 574. The Hall–Kier alpha value is -1.40. The van der Waals surface area contributed by atoms with E-state index in [2.05, 4.69) is 10.3 Å². The second-order valence-electron chi connectivity index (χ2n) is 4.10. The highest BCUT2D eigenvalue weighted by Gasteiger charge is 2.35. The van der Waals surface area contributed by atoms with Crippen molar-refractivity contribution in [3.05, 3.63) is 24.3 Å². The molecule has 0 atom stereocenters. The van der Waals surface area contributed by atoms with Gasteiger partial charge in [0.15, 0.2) is 0 Å². The molecule has 2 aliphatic heterocycles. The van der Waals surface area contributed by atoms with Crippen LogP contribution >= 0.6 is 0 Å². The molecule has 0 aliphatic carbocycles. The van der Waals surface area contributed by atoms with Crippen LogP contribution in [-0.2, 0) is 9.84 Å². The normalized spacial score (nSPS) is 22.1. The molecule has 2 aliphatic rings. The Morgan fingerprint density at radius 3 is 2.59 bits per heavy atom. The van der Waals surface area contributed by atoms with Crippen LogP contribution in [-0.4, -0.2) is 44.7 Å². The largest absolute Gasteiger partial charge is 0.344 e. The van der Waals surface area contributed by atoms with Crippen molar-refractivity contribution in [3.63, 3.8) is 0 Å². The average Bonchev–Trinajstić information content (AvgIpc) is 2.63. The zero-order valence-electron chi connectivity index (χ0n) is 9.26. The number of sulfone groups is 1. The van der Waals surface area contributed by atoms with Gasteiger partial charge in [0.25, 0.3) is 0 Å². The summed E-state index contributed by atoms with van der Waals surface area (Å²) >= 11 is 0. The molecular formula is C11H13N3O2S. The van der Waals surface area contributed by atoms with Crippen LogP contribution in [0.3, 0.4) is 0 Å². The van der Waals surface area contributed by atoms with Crippen LogP contribution in [0.4, 0.5) is 5.69 Å². The summed E-state index contributed by atoms with van der Waals surface area (Å²) in [5.74, 6) is 0. The average molecular weight is 251 g/mol. The number of fused-ring (bicyclic) bond motifs is 1. The minimum atomic E-state index is -3.40. The number of nitrogens with one attached hydrogen (secondary N) is 1. The van der Waals surface area contributed by atoms with Gasteiger partial charge in [-0.2, -0.15) is 0 Å². The maximum absolute atomic E-state index is 12.3. The summed E-state index contributed by atoms with van der Waals surface area (Å²) in [5, 5.41) is 3.40. The van der Waals surface area contributed by atoms with Crippen LogP contribution in [0.5, 0.6) is 0 Å². The van der Waals surface area contributed by atoms with Crippen molar-refractivity contribution < 1.29 is 8.42 Å². The molecule has 0 bridgehead atoms. The molecule has 0 spiro atoms. The molecule has 0 aromatic heterocycles. The summed E-state index contributed by atoms with van der Waals surface area (Å²) in [4.78, 5) is 6.42. The van der Waals surface area contributed by atoms with E-state index in [1.807, 2.05) is 4.90 Å². The summed E-state index contributed by atoms with van der Waals surface area (Å²) in [7, 11) is -3.40. The van der Waals surface area contributed by atoms with Gasteiger partial charge in [0.05, 0.1) is 5.69 Å². The van der Waals surface area contributed by atoms with Crippen LogP contribution in [0, 0.1) is 0 Å². The maximum atomic E-state index is 12.3. The molecule has 0 unspecified atom stereocenters. The predicted molar refractivity (Wildman–Crippen MR) is 65.2 cm³/mol. The van der Waals surface area contributed by atoms with Crippen molar-refractivity contribution in [2.75, 3.05) is 26.2 Å². The van der Waals surface area contributed by atoms with Gasteiger partial charge in [-0.3, -0.25) is 0 Å². The molecule has 3 rings (SSSR count). The summed E-state index contributed by atoms with van der Waals surface area (Å²) in [5.41, 5.74) is 0.557. The lowest BCUT2D eigenvalue weighted by Crippen LogP contribution is -2.48. The number of para-hydroxylation sites is 1. The fourth-order valence-corrected chi connectivity index (χ4v) is 3.72. The molecule has 90 valence electrons. The molecule has 1 N–H and O–H groups in total. The Morgan fingerprint density at radius 1 is 1.18 bits per heavy atom. The van der Waals surface area contributed by atoms with Gasteiger partial charge in [-0.05, 0) is 12.1 Å². The molecule has 6 heteroatoms. The number of hydrogen-bond donors (Lipinski definition) is 1. The molecule has 0 amide bonds. The Labute approximate surface area is 100 Å². The molecule has 1 aromatic rings. The third-order valence-electron chi connectivity index (χ3n) is 3.00. The zero-order valence-corrected chi connectivity index (χ0v) is 10.1. The summed E-state index contributed by atoms with van der Waals surface area (Å²) in [6.07, 6.45) is 0. The smallest absolute Gasteiger partial charge is 0.241 e. The Morgan fingerprint density at radius 2 is 1.88 bits per heavy atom. The molecule has 0 saturated carbocycles. The van der Waals surface area contributed by atoms with Crippen molar-refractivity contribution in [1.29, 1.82) is 0 Å². The van der Waals surface area contributed by atoms with E-state index in [0.717, 1.165) is 13.1 Å². The number of nitrogens with zero attached hydrogens (tertiary/aromatic N) is 2. The monoisotopic (exact) mass is 251 g/mol. The first kappa shape index (κ1) is 10.7. The van der Waals surface area contributed by atoms with Crippen LogP contribution in [0.2, 0.25) is 0 Å². The van der Waals surface area contributed by atoms with Crippen molar-refractivity contribution in [3.8, 4) is 0 Å². The van der Waals surface area contributed by atoms with E-state index in [4.69, 9.17) is 0 Å². The molecule has 1 fully saturated rings. The molecular weight excluding hydrogens is 238 g/mol. The number of piperazine rings is 1. The van der Waals surface area contributed by atoms with E-state index in [1.54, 1.807) is 24.3 Å². The lowest BCUT2D eigenvalue weighted by atomic mass is 10.3. The SMILES string of the molecule is O=S1(=O)C(N2CCNCC2)=Nc2ccccc21. The maximum Gasteiger partial charge on any atom is 0.241 e. The van der Waals surface area contributed by atoms with Gasteiger partial charge in [0, 0.05) is 26.2 Å². The minimum Gasteiger partial charge on any atom is -0.344 e. The second-order valence-corrected chi connectivity index (χ2v) is 5.91. The summed E-state index contributed by atoms with van der Waals surface area (Å²) < 4.78 is 24.6. The number of rotatable bonds is 0. The van der Waals surface area contributed by atoms with Gasteiger partial charge in [-0.25, -0.2) is 13.4 Å². The third kappa shape index (κ3) is 1.64. The fraction of sp³-hybridized carbons (Fsp3) is 0.364. The van der Waals surface area contributed by atoms with E-state index < -0.39 is 9.84 Å². The van der Waals surface area contributed by atoms with Crippen molar-refractivity contribution >= 4 is 20.7 Å². The van der Waals surface area contributed by atoms with Gasteiger partial charge in [0.1, 0.15) is 4.90 Å². The topological polar surface area (TPSA) is 61.8 Å². The first-order chi connectivity index (χ1) is 8.19. The molecule has 5 nitrogen and oxygen atoms in total. The number of benzene rings is 1. The number of amidine groups is 1. The third-order valence-corrected chi connectivity index (χ3v) is 4.75. The van der Waals surface area contributed by atoms with Gasteiger partial charge in [0.2, 0.25) is 15.0 Å². The summed E-state index contributed by atoms with van der Waals surface area (Å²) in [6.45, 7) is 2.97. The Balaban J connectivity index is 2.04. The summed E-state index contributed by atoms with van der Waals surface area (Å²) in [6, 6.07) is 6.89. The van der Waals surface area contributed by atoms with Crippen molar-refractivity contribution in [2.24, 2.45) is 4.99 Å². The molecule has 1 aromatic carbocycles. The lowest BCUT2D eigenvalue weighted by Gasteiger charge is -2.28. The van der Waals surface area contributed by atoms with Crippen molar-refractivity contribution in [2.45, 2.75) is 4.90 Å². The van der Waals surface area contributed by atoms with E-state index in [-0.39, 0.29) is 5.17 Å². The minimum absolute atomic E-state index is 0.209. The van der Waals surface area contributed by atoms with Gasteiger partial charge < -0.3 is 10.2 Å². The van der Waals surface area contributed by atoms with E-state index in [9.17, 15) is 8.42 Å².